The van der Waals surface area contributed by atoms with E-state index < -0.39 is 0 Å². The Balaban J connectivity index is 1.46. The van der Waals surface area contributed by atoms with Crippen LogP contribution >= 0.6 is 23.1 Å². The number of thioether (sulfide) groups is 1. The SMILES string of the molecule is CC(CNC(=O)CSc1nc(-c2ccccc2)cs1)c1ccccc1. The minimum Gasteiger partial charge on any atom is -0.355 e. The van der Waals surface area contributed by atoms with E-state index in [4.69, 9.17) is 0 Å². The fraction of sp³-hybridized carbons (Fsp3) is 0.200. The third-order valence-electron chi connectivity index (χ3n) is 3.85. The van der Waals surface area contributed by atoms with Gasteiger partial charge >= 0.3 is 0 Å². The van der Waals surface area contributed by atoms with E-state index in [1.165, 1.54) is 17.3 Å². The molecule has 1 atom stereocenters. The molecular weight excluding hydrogens is 348 g/mol. The Morgan fingerprint density at radius 2 is 1.80 bits per heavy atom. The molecule has 1 N–H and O–H groups in total. The zero-order valence-electron chi connectivity index (χ0n) is 14.0. The number of aromatic nitrogens is 1. The zero-order chi connectivity index (χ0) is 17.5. The van der Waals surface area contributed by atoms with Gasteiger partial charge in [-0.15, -0.1) is 11.3 Å². The lowest BCUT2D eigenvalue weighted by atomic mass is 10.0. The molecule has 2 aromatic carbocycles. The summed E-state index contributed by atoms with van der Waals surface area (Å²) < 4.78 is 0.921. The summed E-state index contributed by atoms with van der Waals surface area (Å²) >= 11 is 3.07. The van der Waals surface area contributed by atoms with Crippen LogP contribution in [0.5, 0.6) is 0 Å². The first kappa shape index (κ1) is 17.7. The predicted octanol–water partition coefficient (Wildman–Crippen LogP) is 4.82. The Kier molecular flexibility index (Phi) is 6.25. The molecule has 1 amide bonds. The van der Waals surface area contributed by atoms with Crippen molar-refractivity contribution in [1.82, 2.24) is 10.3 Å². The van der Waals surface area contributed by atoms with Gasteiger partial charge in [0.25, 0.3) is 0 Å². The van der Waals surface area contributed by atoms with Crippen LogP contribution in [0.4, 0.5) is 0 Å². The van der Waals surface area contributed by atoms with Gasteiger partial charge in [-0.05, 0) is 11.5 Å². The topological polar surface area (TPSA) is 42.0 Å². The largest absolute Gasteiger partial charge is 0.355 e. The number of carbonyl (C=O) groups excluding carboxylic acids is 1. The van der Waals surface area contributed by atoms with E-state index >= 15 is 0 Å². The van der Waals surface area contributed by atoms with Crippen molar-refractivity contribution in [3.05, 3.63) is 71.6 Å². The molecule has 5 heteroatoms. The van der Waals surface area contributed by atoms with E-state index in [-0.39, 0.29) is 5.91 Å². The molecule has 25 heavy (non-hydrogen) atoms. The summed E-state index contributed by atoms with van der Waals surface area (Å²) in [6, 6.07) is 20.3. The summed E-state index contributed by atoms with van der Waals surface area (Å²) in [7, 11) is 0. The Bertz CT molecular complexity index is 803. The van der Waals surface area contributed by atoms with Crippen molar-refractivity contribution in [3.63, 3.8) is 0 Å². The molecule has 0 aliphatic carbocycles. The molecule has 3 rings (SSSR count). The highest BCUT2D eigenvalue weighted by Crippen LogP contribution is 2.28. The first-order chi connectivity index (χ1) is 12.2. The highest BCUT2D eigenvalue weighted by Gasteiger charge is 2.10. The quantitative estimate of drug-likeness (QED) is 0.608. The van der Waals surface area contributed by atoms with Crippen molar-refractivity contribution in [2.75, 3.05) is 12.3 Å². The van der Waals surface area contributed by atoms with Crippen LogP contribution in [0.1, 0.15) is 18.4 Å². The Labute approximate surface area is 156 Å². The Morgan fingerprint density at radius 1 is 1.12 bits per heavy atom. The number of nitrogens with zero attached hydrogens (tertiary/aromatic N) is 1. The van der Waals surface area contributed by atoms with Crippen LogP contribution in [0.3, 0.4) is 0 Å². The van der Waals surface area contributed by atoms with E-state index in [9.17, 15) is 4.79 Å². The zero-order valence-corrected chi connectivity index (χ0v) is 15.6. The average Bonchev–Trinajstić information content (AvgIpc) is 3.15. The van der Waals surface area contributed by atoms with Crippen molar-refractivity contribution < 1.29 is 4.79 Å². The number of benzene rings is 2. The molecule has 1 unspecified atom stereocenters. The summed E-state index contributed by atoms with van der Waals surface area (Å²) in [6.45, 7) is 2.77. The monoisotopic (exact) mass is 368 g/mol. The normalized spacial score (nSPS) is 11.9. The number of nitrogens with one attached hydrogen (secondary N) is 1. The molecule has 0 fully saturated rings. The Morgan fingerprint density at radius 3 is 2.52 bits per heavy atom. The van der Waals surface area contributed by atoms with Crippen LogP contribution in [0.2, 0.25) is 0 Å². The van der Waals surface area contributed by atoms with Gasteiger partial charge in [0.15, 0.2) is 4.34 Å². The summed E-state index contributed by atoms with van der Waals surface area (Å²) in [4.78, 5) is 16.7. The lowest BCUT2D eigenvalue weighted by Crippen LogP contribution is -2.28. The van der Waals surface area contributed by atoms with Crippen molar-refractivity contribution in [3.8, 4) is 11.3 Å². The molecule has 1 aromatic heterocycles. The minimum absolute atomic E-state index is 0.0456. The minimum atomic E-state index is 0.0456. The first-order valence-electron chi connectivity index (χ1n) is 8.18. The maximum atomic E-state index is 12.1. The molecular formula is C20H20N2OS2. The number of hydrogen-bond donors (Lipinski definition) is 1. The summed E-state index contributed by atoms with van der Waals surface area (Å²) in [5.41, 5.74) is 3.31. The number of rotatable bonds is 7. The fourth-order valence-electron chi connectivity index (χ4n) is 2.41. The molecule has 0 saturated carbocycles. The maximum Gasteiger partial charge on any atom is 0.230 e. The van der Waals surface area contributed by atoms with Crippen LogP contribution in [-0.4, -0.2) is 23.2 Å². The maximum absolute atomic E-state index is 12.1. The molecule has 0 aliphatic rings. The lowest BCUT2D eigenvalue weighted by molar-refractivity contribution is -0.118. The van der Waals surface area contributed by atoms with Gasteiger partial charge in [0.05, 0.1) is 11.4 Å². The van der Waals surface area contributed by atoms with Gasteiger partial charge < -0.3 is 5.32 Å². The fourth-order valence-corrected chi connectivity index (χ4v) is 4.07. The van der Waals surface area contributed by atoms with Gasteiger partial charge in [0.2, 0.25) is 5.91 Å². The molecule has 128 valence electrons. The van der Waals surface area contributed by atoms with Crippen LogP contribution < -0.4 is 5.32 Å². The van der Waals surface area contributed by atoms with Crippen LogP contribution in [0.15, 0.2) is 70.4 Å². The molecule has 0 spiro atoms. The third-order valence-corrected chi connectivity index (χ3v) is 5.87. The summed E-state index contributed by atoms with van der Waals surface area (Å²) in [5.74, 6) is 0.743. The number of thiazole rings is 1. The highest BCUT2D eigenvalue weighted by atomic mass is 32.2. The summed E-state index contributed by atoms with van der Waals surface area (Å²) in [5, 5.41) is 5.04. The molecule has 3 aromatic rings. The first-order valence-corrected chi connectivity index (χ1v) is 10.0. The van der Waals surface area contributed by atoms with E-state index in [2.05, 4.69) is 29.4 Å². The van der Waals surface area contributed by atoms with Crippen molar-refractivity contribution in [2.24, 2.45) is 0 Å². The van der Waals surface area contributed by atoms with Gasteiger partial charge in [-0.1, -0.05) is 79.3 Å². The average molecular weight is 369 g/mol. The Hall–Kier alpha value is -2.11. The number of carbonyl (C=O) groups is 1. The molecule has 1 heterocycles. The molecule has 0 radical (unpaired) electrons. The number of hydrogen-bond acceptors (Lipinski definition) is 4. The van der Waals surface area contributed by atoms with Gasteiger partial charge in [0.1, 0.15) is 0 Å². The van der Waals surface area contributed by atoms with Crippen molar-refractivity contribution >= 4 is 29.0 Å². The second-order valence-electron chi connectivity index (χ2n) is 5.77. The predicted molar refractivity (Wildman–Crippen MR) is 106 cm³/mol. The van der Waals surface area contributed by atoms with E-state index in [0.29, 0.717) is 18.2 Å². The van der Waals surface area contributed by atoms with Crippen LogP contribution in [0.25, 0.3) is 11.3 Å². The molecule has 0 bridgehead atoms. The van der Waals surface area contributed by atoms with Gasteiger partial charge in [-0.2, -0.15) is 0 Å². The summed E-state index contributed by atoms with van der Waals surface area (Å²) in [6.07, 6.45) is 0. The third kappa shape index (κ3) is 5.18. The molecule has 0 saturated heterocycles. The van der Waals surface area contributed by atoms with E-state index in [1.807, 2.05) is 53.9 Å². The smallest absolute Gasteiger partial charge is 0.230 e. The standard InChI is InChI=1S/C20H20N2OS2/c1-15(16-8-4-2-5-9-16)12-21-19(23)14-25-20-22-18(13-24-20)17-10-6-3-7-11-17/h2-11,13,15H,12,14H2,1H3,(H,21,23). The van der Waals surface area contributed by atoms with Crippen LogP contribution in [0, 0.1) is 0 Å². The molecule has 3 nitrogen and oxygen atoms in total. The van der Waals surface area contributed by atoms with E-state index in [0.717, 1.165) is 15.6 Å². The second-order valence-corrected chi connectivity index (χ2v) is 7.85. The van der Waals surface area contributed by atoms with Gasteiger partial charge in [-0.3, -0.25) is 4.79 Å². The number of amides is 1. The van der Waals surface area contributed by atoms with Gasteiger partial charge in [0, 0.05) is 17.5 Å². The second kappa shape index (κ2) is 8.83. The van der Waals surface area contributed by atoms with Crippen molar-refractivity contribution in [1.29, 1.82) is 0 Å². The van der Waals surface area contributed by atoms with Crippen LogP contribution in [-0.2, 0) is 4.79 Å². The highest BCUT2D eigenvalue weighted by molar-refractivity contribution is 8.01. The van der Waals surface area contributed by atoms with E-state index in [1.54, 1.807) is 11.3 Å². The van der Waals surface area contributed by atoms with Crippen molar-refractivity contribution in [2.45, 2.75) is 17.2 Å². The lowest BCUT2D eigenvalue weighted by Gasteiger charge is -2.12. The van der Waals surface area contributed by atoms with Gasteiger partial charge in [-0.25, -0.2) is 4.98 Å². The molecule has 0 aliphatic heterocycles.